The van der Waals surface area contributed by atoms with Crippen molar-refractivity contribution in [3.63, 3.8) is 0 Å². The monoisotopic (exact) mass is 275 g/mol. The number of carbonyl (C=O) groups excluding carboxylic acids is 1. The standard InChI is InChI=1S/C18H29NO/c20-18-11-16-7-2-1-6-15(18)12-19(16)17-9-13-4-3-5-14(8-13)10-17/h13-17H,1-12H2/t13-,14+,15?,16-,17?/m1/s1. The predicted octanol–water partition coefficient (Wildman–Crippen LogP) is 3.79. The summed E-state index contributed by atoms with van der Waals surface area (Å²) >= 11 is 0. The van der Waals surface area contributed by atoms with Crippen LogP contribution in [0.1, 0.15) is 70.6 Å². The molecule has 0 aromatic carbocycles. The average Bonchev–Trinajstić information content (AvgIpc) is 2.40. The summed E-state index contributed by atoms with van der Waals surface area (Å²) in [6, 6.07) is 1.42. The Morgan fingerprint density at radius 3 is 2.35 bits per heavy atom. The summed E-state index contributed by atoms with van der Waals surface area (Å²) in [5.41, 5.74) is 0. The highest BCUT2D eigenvalue weighted by molar-refractivity contribution is 5.82. The van der Waals surface area contributed by atoms with Crippen LogP contribution in [0.3, 0.4) is 0 Å². The summed E-state index contributed by atoms with van der Waals surface area (Å²) in [7, 11) is 0. The molecule has 3 saturated carbocycles. The minimum absolute atomic E-state index is 0.383. The highest BCUT2D eigenvalue weighted by Crippen LogP contribution is 2.43. The topological polar surface area (TPSA) is 20.3 Å². The molecule has 2 aliphatic heterocycles. The molecule has 0 amide bonds. The molecular formula is C18H29NO. The van der Waals surface area contributed by atoms with E-state index in [0.29, 0.717) is 17.7 Å². The number of ketones is 1. The van der Waals surface area contributed by atoms with Gasteiger partial charge in [-0.05, 0) is 43.9 Å². The van der Waals surface area contributed by atoms with E-state index in [4.69, 9.17) is 0 Å². The Morgan fingerprint density at radius 2 is 1.55 bits per heavy atom. The van der Waals surface area contributed by atoms with Crippen LogP contribution in [-0.4, -0.2) is 29.3 Å². The number of rotatable bonds is 1. The molecular weight excluding hydrogens is 246 g/mol. The van der Waals surface area contributed by atoms with Crippen LogP contribution in [0.15, 0.2) is 0 Å². The van der Waals surface area contributed by atoms with Crippen molar-refractivity contribution in [1.29, 1.82) is 0 Å². The molecule has 0 radical (unpaired) electrons. The molecule has 0 N–H and O–H groups in total. The number of carbonyl (C=O) groups is 1. The normalized spacial score (nSPS) is 46.0. The van der Waals surface area contributed by atoms with Crippen molar-refractivity contribution in [2.75, 3.05) is 6.54 Å². The zero-order chi connectivity index (χ0) is 13.5. The second-order valence-electron chi connectivity index (χ2n) is 8.03. The van der Waals surface area contributed by atoms with Gasteiger partial charge < -0.3 is 0 Å². The highest BCUT2D eigenvalue weighted by Gasteiger charge is 2.42. The van der Waals surface area contributed by atoms with Crippen LogP contribution in [0, 0.1) is 17.8 Å². The summed E-state index contributed by atoms with van der Waals surface area (Å²) in [6.45, 7) is 1.10. The number of fused-ring (bicyclic) bond motifs is 7. The van der Waals surface area contributed by atoms with E-state index in [1.807, 2.05) is 0 Å². The Morgan fingerprint density at radius 1 is 0.800 bits per heavy atom. The van der Waals surface area contributed by atoms with Gasteiger partial charge in [0.05, 0.1) is 0 Å². The molecule has 0 aromatic heterocycles. The molecule has 3 aliphatic carbocycles. The third-order valence-corrected chi connectivity index (χ3v) is 6.70. The molecule has 0 aromatic rings. The van der Waals surface area contributed by atoms with E-state index in [1.54, 1.807) is 0 Å². The first kappa shape index (κ1) is 13.3. The van der Waals surface area contributed by atoms with Gasteiger partial charge in [0.1, 0.15) is 5.78 Å². The van der Waals surface area contributed by atoms with Crippen molar-refractivity contribution in [3.8, 4) is 0 Å². The Hall–Kier alpha value is -0.370. The van der Waals surface area contributed by atoms with E-state index in [2.05, 4.69) is 4.90 Å². The van der Waals surface area contributed by atoms with E-state index >= 15 is 0 Å². The molecule has 5 fully saturated rings. The second-order valence-corrected chi connectivity index (χ2v) is 8.03. The van der Waals surface area contributed by atoms with Gasteiger partial charge in [-0.2, -0.15) is 0 Å². The van der Waals surface area contributed by atoms with Crippen molar-refractivity contribution in [3.05, 3.63) is 0 Å². The van der Waals surface area contributed by atoms with E-state index in [0.717, 1.165) is 30.8 Å². The average molecular weight is 275 g/mol. The summed E-state index contributed by atoms with van der Waals surface area (Å²) in [5, 5.41) is 0. The van der Waals surface area contributed by atoms with Gasteiger partial charge in [0.2, 0.25) is 0 Å². The lowest BCUT2D eigenvalue weighted by Crippen LogP contribution is -2.55. The Balaban J connectivity index is 1.51. The van der Waals surface area contributed by atoms with Gasteiger partial charge in [-0.15, -0.1) is 0 Å². The molecule has 2 unspecified atom stereocenters. The van der Waals surface area contributed by atoms with Crippen LogP contribution in [0.4, 0.5) is 0 Å². The minimum Gasteiger partial charge on any atom is -0.299 e. The smallest absolute Gasteiger partial charge is 0.138 e. The van der Waals surface area contributed by atoms with E-state index < -0.39 is 0 Å². The van der Waals surface area contributed by atoms with E-state index in [1.165, 1.54) is 64.2 Å². The SMILES string of the molecule is O=C1C[C@H]2CCCCC1CN2C1C[C@H]2CCC[C@@H](C1)C2. The summed E-state index contributed by atoms with van der Waals surface area (Å²) in [6.07, 6.45) is 14.8. The number of piperidine rings is 1. The van der Waals surface area contributed by atoms with Gasteiger partial charge >= 0.3 is 0 Å². The number of hydrogen-bond donors (Lipinski definition) is 0. The molecule has 20 heavy (non-hydrogen) atoms. The molecule has 112 valence electrons. The van der Waals surface area contributed by atoms with Gasteiger partial charge in [-0.3, -0.25) is 9.69 Å². The second kappa shape index (κ2) is 5.44. The Kier molecular flexibility index (Phi) is 3.62. The zero-order valence-electron chi connectivity index (χ0n) is 12.7. The molecule has 2 saturated heterocycles. The van der Waals surface area contributed by atoms with E-state index in [9.17, 15) is 4.79 Å². The number of nitrogens with zero attached hydrogens (tertiary/aromatic N) is 1. The predicted molar refractivity (Wildman–Crippen MR) is 80.5 cm³/mol. The van der Waals surface area contributed by atoms with Crippen LogP contribution in [0.2, 0.25) is 0 Å². The molecule has 0 spiro atoms. The van der Waals surface area contributed by atoms with Gasteiger partial charge in [0.25, 0.3) is 0 Å². The van der Waals surface area contributed by atoms with Gasteiger partial charge in [-0.25, -0.2) is 0 Å². The van der Waals surface area contributed by atoms with Gasteiger partial charge in [-0.1, -0.05) is 32.1 Å². The van der Waals surface area contributed by atoms with Crippen LogP contribution < -0.4 is 0 Å². The fraction of sp³-hybridized carbons (Fsp3) is 0.944. The maximum Gasteiger partial charge on any atom is 0.138 e. The Labute approximate surface area is 123 Å². The summed E-state index contributed by atoms with van der Waals surface area (Å²) in [5.74, 6) is 2.98. The van der Waals surface area contributed by atoms with Crippen LogP contribution in [0.5, 0.6) is 0 Å². The maximum absolute atomic E-state index is 12.2. The fourth-order valence-electron chi connectivity index (χ4n) is 5.73. The highest BCUT2D eigenvalue weighted by atomic mass is 16.1. The first-order valence-corrected chi connectivity index (χ1v) is 9.08. The third-order valence-electron chi connectivity index (χ3n) is 6.70. The van der Waals surface area contributed by atoms with Crippen LogP contribution >= 0.6 is 0 Å². The van der Waals surface area contributed by atoms with Crippen molar-refractivity contribution < 1.29 is 4.79 Å². The van der Waals surface area contributed by atoms with Gasteiger partial charge in [0.15, 0.2) is 0 Å². The van der Waals surface area contributed by atoms with Crippen molar-refractivity contribution in [2.24, 2.45) is 17.8 Å². The molecule has 5 aliphatic rings. The van der Waals surface area contributed by atoms with Crippen molar-refractivity contribution >= 4 is 5.78 Å². The summed E-state index contributed by atoms with van der Waals surface area (Å²) in [4.78, 5) is 15.0. The first-order valence-electron chi connectivity index (χ1n) is 9.08. The Bertz CT molecular complexity index is 368. The largest absolute Gasteiger partial charge is 0.299 e. The third kappa shape index (κ3) is 2.45. The molecule has 2 heterocycles. The fourth-order valence-corrected chi connectivity index (χ4v) is 5.73. The molecule has 5 rings (SSSR count). The lowest BCUT2D eigenvalue weighted by molar-refractivity contribution is -0.131. The lowest BCUT2D eigenvalue weighted by atomic mass is 9.69. The first-order chi connectivity index (χ1) is 9.79. The number of hydrogen-bond acceptors (Lipinski definition) is 2. The number of Topliss-reactive ketones (excluding diaryl/α,β-unsaturated/α-hetero) is 1. The van der Waals surface area contributed by atoms with Crippen molar-refractivity contribution in [1.82, 2.24) is 4.90 Å². The minimum atomic E-state index is 0.383. The molecule has 2 nitrogen and oxygen atoms in total. The molecule has 5 atom stereocenters. The maximum atomic E-state index is 12.2. The van der Waals surface area contributed by atoms with Crippen LogP contribution in [-0.2, 0) is 4.79 Å². The van der Waals surface area contributed by atoms with E-state index in [-0.39, 0.29) is 0 Å². The zero-order valence-corrected chi connectivity index (χ0v) is 12.7. The molecule has 4 bridgehead atoms. The molecule has 2 heteroatoms. The van der Waals surface area contributed by atoms with Gasteiger partial charge in [0, 0.05) is 31.0 Å². The van der Waals surface area contributed by atoms with Crippen molar-refractivity contribution in [2.45, 2.75) is 82.7 Å². The van der Waals surface area contributed by atoms with Crippen LogP contribution in [0.25, 0.3) is 0 Å². The summed E-state index contributed by atoms with van der Waals surface area (Å²) < 4.78 is 0. The quantitative estimate of drug-likeness (QED) is 0.725. The lowest BCUT2D eigenvalue weighted by Gasteiger charge is -2.50.